The lowest BCUT2D eigenvalue weighted by atomic mass is 9.80. The SMILES string of the molecule is CC1(C)CCCC(C)(C)N1O[C@H]1/C=C\[C@H]([C@H]2/C=C\[C@H](ON3C(C)(C)CCCC3(C)C)CCCC2)CCCC1. The molecule has 0 aromatic rings. The van der Waals surface area contributed by atoms with Crippen molar-refractivity contribution in [2.75, 3.05) is 0 Å². The Bertz CT molecular complexity index is 726. The molecule has 0 N–H and O–H groups in total. The number of hydrogen-bond acceptors (Lipinski definition) is 4. The smallest absolute Gasteiger partial charge is 0.0974 e. The van der Waals surface area contributed by atoms with Gasteiger partial charge in [-0.25, -0.2) is 0 Å². The zero-order valence-electron chi connectivity index (χ0n) is 26.2. The molecular formula is C34H60N2O2. The number of piperidine rings is 2. The van der Waals surface area contributed by atoms with E-state index in [1.807, 2.05) is 0 Å². The average molecular weight is 529 g/mol. The molecule has 4 aliphatic rings. The molecule has 2 aliphatic carbocycles. The minimum atomic E-state index is 0.0894. The molecular weight excluding hydrogens is 468 g/mol. The van der Waals surface area contributed by atoms with Gasteiger partial charge in [0.15, 0.2) is 0 Å². The van der Waals surface area contributed by atoms with Crippen LogP contribution in [0.4, 0.5) is 0 Å². The van der Waals surface area contributed by atoms with Crippen LogP contribution in [0.2, 0.25) is 0 Å². The Morgan fingerprint density at radius 3 is 1.11 bits per heavy atom. The van der Waals surface area contributed by atoms with Crippen molar-refractivity contribution in [2.45, 2.75) is 180 Å². The highest BCUT2D eigenvalue weighted by molar-refractivity contribution is 5.06. The molecule has 2 saturated heterocycles. The lowest BCUT2D eigenvalue weighted by Gasteiger charge is -2.52. The molecule has 0 amide bonds. The second-order valence-corrected chi connectivity index (χ2v) is 15.5. The van der Waals surface area contributed by atoms with E-state index in [4.69, 9.17) is 9.68 Å². The highest BCUT2D eigenvalue weighted by atomic mass is 16.7. The van der Waals surface area contributed by atoms with Crippen LogP contribution >= 0.6 is 0 Å². The van der Waals surface area contributed by atoms with E-state index in [0.717, 1.165) is 12.8 Å². The Balaban J connectivity index is 1.43. The molecule has 4 atom stereocenters. The second-order valence-electron chi connectivity index (χ2n) is 15.5. The molecule has 0 aromatic heterocycles. The van der Waals surface area contributed by atoms with Crippen molar-refractivity contribution < 1.29 is 9.68 Å². The van der Waals surface area contributed by atoms with Gasteiger partial charge in [0.1, 0.15) is 0 Å². The summed E-state index contributed by atoms with van der Waals surface area (Å²) in [5, 5.41) is 4.71. The van der Waals surface area contributed by atoms with E-state index in [2.05, 4.69) is 89.8 Å². The third kappa shape index (κ3) is 7.33. The van der Waals surface area contributed by atoms with Crippen molar-refractivity contribution >= 4 is 0 Å². The third-order valence-corrected chi connectivity index (χ3v) is 10.1. The lowest BCUT2D eigenvalue weighted by molar-refractivity contribution is -0.297. The maximum Gasteiger partial charge on any atom is 0.0974 e. The molecule has 2 aliphatic heterocycles. The fraction of sp³-hybridized carbons (Fsp3) is 0.882. The molecule has 0 spiro atoms. The van der Waals surface area contributed by atoms with Gasteiger partial charge in [-0.15, -0.1) is 0 Å². The van der Waals surface area contributed by atoms with Crippen LogP contribution in [0.5, 0.6) is 0 Å². The standard InChI is InChI=1S/C34H60N2O2/c1-31(2)23-13-24-32(3,4)35(31)37-29-17-11-9-15-27(19-21-29)28-16-10-12-18-30(22-20-28)38-36-33(5,6)25-14-26-34(36,7)8/h19-22,27-30H,9-18,23-26H2,1-8H3/b21-19-,22-20-/t27-,28-,29-,30-/m1/s1. The van der Waals surface area contributed by atoms with E-state index in [-0.39, 0.29) is 34.4 Å². The van der Waals surface area contributed by atoms with Crippen LogP contribution in [0.15, 0.2) is 24.3 Å². The molecule has 2 fully saturated rings. The van der Waals surface area contributed by atoms with Crippen LogP contribution in [0, 0.1) is 11.8 Å². The van der Waals surface area contributed by atoms with E-state index in [9.17, 15) is 0 Å². The molecule has 2 heterocycles. The van der Waals surface area contributed by atoms with Crippen molar-refractivity contribution in [2.24, 2.45) is 11.8 Å². The molecule has 0 saturated carbocycles. The van der Waals surface area contributed by atoms with E-state index in [1.54, 1.807) is 0 Å². The van der Waals surface area contributed by atoms with Gasteiger partial charge in [-0.1, -0.05) is 50.0 Å². The first-order chi connectivity index (χ1) is 17.8. The number of allylic oxidation sites excluding steroid dienone is 2. The summed E-state index contributed by atoms with van der Waals surface area (Å²) < 4.78 is 0. The molecule has 4 nitrogen and oxygen atoms in total. The van der Waals surface area contributed by atoms with Crippen molar-refractivity contribution in [1.82, 2.24) is 10.1 Å². The van der Waals surface area contributed by atoms with Crippen LogP contribution in [0.1, 0.15) is 145 Å². The van der Waals surface area contributed by atoms with Crippen molar-refractivity contribution in [1.29, 1.82) is 0 Å². The number of hydroxylamine groups is 4. The Labute approximate surface area is 235 Å². The van der Waals surface area contributed by atoms with Crippen LogP contribution in [-0.4, -0.2) is 44.5 Å². The fourth-order valence-corrected chi connectivity index (χ4v) is 8.05. The first kappa shape index (κ1) is 30.3. The highest BCUT2D eigenvalue weighted by Crippen LogP contribution is 2.41. The minimum absolute atomic E-state index is 0.0894. The van der Waals surface area contributed by atoms with Gasteiger partial charge >= 0.3 is 0 Å². The van der Waals surface area contributed by atoms with E-state index in [1.165, 1.54) is 77.0 Å². The predicted molar refractivity (Wildman–Crippen MR) is 160 cm³/mol. The van der Waals surface area contributed by atoms with Gasteiger partial charge in [0.2, 0.25) is 0 Å². The molecule has 4 rings (SSSR count). The van der Waals surface area contributed by atoms with E-state index >= 15 is 0 Å². The van der Waals surface area contributed by atoms with Gasteiger partial charge in [-0.05, 0) is 131 Å². The largest absolute Gasteiger partial charge is 0.291 e. The lowest BCUT2D eigenvalue weighted by Crippen LogP contribution is -2.59. The van der Waals surface area contributed by atoms with Gasteiger partial charge in [0.25, 0.3) is 0 Å². The Morgan fingerprint density at radius 2 is 0.763 bits per heavy atom. The van der Waals surface area contributed by atoms with Gasteiger partial charge in [-0.3, -0.25) is 9.68 Å². The van der Waals surface area contributed by atoms with Gasteiger partial charge in [0, 0.05) is 22.2 Å². The van der Waals surface area contributed by atoms with Crippen LogP contribution < -0.4 is 0 Å². The monoisotopic (exact) mass is 528 g/mol. The summed E-state index contributed by atoms with van der Waals surface area (Å²) in [4.78, 5) is 13.6. The minimum Gasteiger partial charge on any atom is -0.291 e. The second kappa shape index (κ2) is 12.0. The van der Waals surface area contributed by atoms with Crippen LogP contribution in [0.3, 0.4) is 0 Å². The maximum atomic E-state index is 6.82. The quantitative estimate of drug-likeness (QED) is 0.332. The van der Waals surface area contributed by atoms with Crippen molar-refractivity contribution in [3.8, 4) is 0 Å². The summed E-state index contributed by atoms with van der Waals surface area (Å²) in [6, 6.07) is 0. The topological polar surface area (TPSA) is 24.9 Å². The Morgan fingerprint density at radius 1 is 0.447 bits per heavy atom. The summed E-state index contributed by atoms with van der Waals surface area (Å²) in [5.41, 5.74) is 0.358. The Kier molecular flexibility index (Phi) is 9.60. The highest BCUT2D eigenvalue weighted by Gasteiger charge is 2.44. The third-order valence-electron chi connectivity index (χ3n) is 10.1. The summed E-state index contributed by atoms with van der Waals surface area (Å²) in [7, 11) is 0. The van der Waals surface area contributed by atoms with Crippen molar-refractivity contribution in [3.05, 3.63) is 24.3 Å². The first-order valence-electron chi connectivity index (χ1n) is 16.1. The summed E-state index contributed by atoms with van der Waals surface area (Å²) in [5.74, 6) is 1.20. The zero-order chi connectivity index (χ0) is 27.6. The molecule has 38 heavy (non-hydrogen) atoms. The summed E-state index contributed by atoms with van der Waals surface area (Å²) in [6.45, 7) is 18.8. The molecule has 0 bridgehead atoms. The molecule has 218 valence electrons. The van der Waals surface area contributed by atoms with Crippen LogP contribution in [0.25, 0.3) is 0 Å². The Hall–Kier alpha value is -0.680. The number of hydrogen-bond donors (Lipinski definition) is 0. The van der Waals surface area contributed by atoms with Crippen molar-refractivity contribution in [3.63, 3.8) is 0 Å². The average Bonchev–Trinajstić information content (AvgIpc) is 2.76. The van der Waals surface area contributed by atoms with Gasteiger partial charge in [0.05, 0.1) is 12.2 Å². The predicted octanol–water partition coefficient (Wildman–Crippen LogP) is 9.17. The first-order valence-corrected chi connectivity index (χ1v) is 16.1. The van der Waals surface area contributed by atoms with Gasteiger partial charge in [-0.2, -0.15) is 10.1 Å². The van der Waals surface area contributed by atoms with E-state index < -0.39 is 0 Å². The molecule has 0 aromatic carbocycles. The molecule has 0 radical (unpaired) electrons. The molecule has 4 heteroatoms. The number of rotatable bonds is 5. The normalized spacial score (nSPS) is 37.8. The fourth-order valence-electron chi connectivity index (χ4n) is 8.05. The summed E-state index contributed by atoms with van der Waals surface area (Å²) >= 11 is 0. The number of nitrogens with zero attached hydrogens (tertiary/aromatic N) is 2. The van der Waals surface area contributed by atoms with Gasteiger partial charge < -0.3 is 0 Å². The molecule has 0 unspecified atom stereocenters. The summed E-state index contributed by atoms with van der Waals surface area (Å²) in [6.07, 6.45) is 27.6. The maximum absolute atomic E-state index is 6.82. The van der Waals surface area contributed by atoms with E-state index in [0.29, 0.717) is 11.8 Å². The van der Waals surface area contributed by atoms with Crippen LogP contribution in [-0.2, 0) is 9.68 Å². The zero-order valence-corrected chi connectivity index (χ0v) is 26.2.